The molecule has 0 unspecified atom stereocenters. The van der Waals surface area contributed by atoms with Gasteiger partial charge in [-0.05, 0) is 64.2 Å². The van der Waals surface area contributed by atoms with Crippen LogP contribution in [0.3, 0.4) is 0 Å². The van der Waals surface area contributed by atoms with E-state index in [1.165, 1.54) is 45.3 Å². The summed E-state index contributed by atoms with van der Waals surface area (Å²) in [5, 5.41) is 6.55. The van der Waals surface area contributed by atoms with Crippen molar-refractivity contribution in [2.75, 3.05) is 39.3 Å². The molecule has 2 aliphatic heterocycles. The summed E-state index contributed by atoms with van der Waals surface area (Å²) in [4.78, 5) is 14.7. The van der Waals surface area contributed by atoms with Gasteiger partial charge in [0.1, 0.15) is 0 Å². The summed E-state index contributed by atoms with van der Waals surface area (Å²) in [6, 6.07) is 0. The molecule has 5 heteroatoms. The molecule has 0 aromatic heterocycles. The minimum Gasteiger partial charge on any atom is -0.356 e. The number of nitrogens with one attached hydrogen (secondary N) is 2. The van der Waals surface area contributed by atoms with E-state index in [2.05, 4.69) is 22.5 Å². The van der Waals surface area contributed by atoms with Crippen molar-refractivity contribution < 1.29 is 4.79 Å². The van der Waals surface area contributed by atoms with E-state index < -0.39 is 0 Å². The highest BCUT2D eigenvalue weighted by molar-refractivity contribution is 5.85. The van der Waals surface area contributed by atoms with E-state index in [4.69, 9.17) is 0 Å². The number of likely N-dealkylation sites (tertiary alicyclic amines) is 1. The standard InChI is InChI=1S/C17H33N3O.ClH/c1-2-3-4-9-19-17(21)16-7-12-20(13-8-16)14-15-5-10-18-11-6-15;/h15-16,18H,2-14H2,1H3,(H,19,21);1H. The van der Waals surface area contributed by atoms with Crippen LogP contribution in [0.15, 0.2) is 0 Å². The number of carbonyl (C=O) groups excluding carboxylic acids is 1. The van der Waals surface area contributed by atoms with Crippen LogP contribution in [0, 0.1) is 11.8 Å². The first-order valence-electron chi connectivity index (χ1n) is 9.00. The molecular formula is C17H34ClN3O. The first kappa shape index (κ1) is 19.7. The quantitative estimate of drug-likeness (QED) is 0.704. The van der Waals surface area contributed by atoms with Crippen LogP contribution < -0.4 is 10.6 Å². The lowest BCUT2D eigenvalue weighted by Crippen LogP contribution is -2.43. The van der Waals surface area contributed by atoms with Crippen molar-refractivity contribution in [2.24, 2.45) is 11.8 Å². The molecule has 0 aromatic rings. The monoisotopic (exact) mass is 331 g/mol. The fourth-order valence-electron chi connectivity index (χ4n) is 3.54. The fourth-order valence-corrected chi connectivity index (χ4v) is 3.54. The second kappa shape index (κ2) is 11.3. The predicted molar refractivity (Wildman–Crippen MR) is 94.5 cm³/mol. The van der Waals surface area contributed by atoms with Gasteiger partial charge in [0.15, 0.2) is 0 Å². The molecule has 2 aliphatic rings. The average molecular weight is 332 g/mol. The normalized spacial score (nSPS) is 21.3. The summed E-state index contributed by atoms with van der Waals surface area (Å²) in [7, 11) is 0. The zero-order chi connectivity index (χ0) is 14.9. The lowest BCUT2D eigenvalue weighted by Gasteiger charge is -2.35. The zero-order valence-corrected chi connectivity index (χ0v) is 14.9. The maximum Gasteiger partial charge on any atom is 0.223 e. The Bertz CT molecular complexity index is 300. The highest BCUT2D eigenvalue weighted by Crippen LogP contribution is 2.21. The van der Waals surface area contributed by atoms with Crippen molar-refractivity contribution >= 4 is 18.3 Å². The van der Waals surface area contributed by atoms with Gasteiger partial charge in [0.05, 0.1) is 0 Å². The van der Waals surface area contributed by atoms with Crippen LogP contribution in [0.4, 0.5) is 0 Å². The molecule has 130 valence electrons. The molecular weight excluding hydrogens is 298 g/mol. The molecule has 0 saturated carbocycles. The van der Waals surface area contributed by atoms with Gasteiger partial charge in [0.25, 0.3) is 0 Å². The SMILES string of the molecule is CCCCCNC(=O)C1CCN(CC2CCNCC2)CC1.Cl. The Balaban J connectivity index is 0.00000242. The number of carbonyl (C=O) groups is 1. The molecule has 0 bridgehead atoms. The average Bonchev–Trinajstić information content (AvgIpc) is 2.53. The largest absolute Gasteiger partial charge is 0.356 e. The van der Waals surface area contributed by atoms with Crippen LogP contribution in [-0.4, -0.2) is 50.1 Å². The molecule has 0 spiro atoms. The maximum atomic E-state index is 12.1. The van der Waals surface area contributed by atoms with Gasteiger partial charge < -0.3 is 15.5 Å². The summed E-state index contributed by atoms with van der Waals surface area (Å²) in [6.45, 7) is 8.88. The summed E-state index contributed by atoms with van der Waals surface area (Å²) in [5.41, 5.74) is 0. The molecule has 2 fully saturated rings. The van der Waals surface area contributed by atoms with Gasteiger partial charge in [-0.15, -0.1) is 12.4 Å². The van der Waals surface area contributed by atoms with Crippen molar-refractivity contribution in [2.45, 2.75) is 51.9 Å². The third-order valence-electron chi connectivity index (χ3n) is 5.01. The molecule has 2 heterocycles. The summed E-state index contributed by atoms with van der Waals surface area (Å²) in [5.74, 6) is 1.43. The Kier molecular flexibility index (Phi) is 10.1. The third kappa shape index (κ3) is 6.84. The smallest absolute Gasteiger partial charge is 0.223 e. The lowest BCUT2D eigenvalue weighted by atomic mass is 9.93. The van der Waals surface area contributed by atoms with E-state index in [-0.39, 0.29) is 18.3 Å². The van der Waals surface area contributed by atoms with Gasteiger partial charge in [-0.25, -0.2) is 0 Å². The number of unbranched alkanes of at least 4 members (excludes halogenated alkanes) is 2. The minimum atomic E-state index is 0. The number of nitrogens with zero attached hydrogens (tertiary/aromatic N) is 1. The fraction of sp³-hybridized carbons (Fsp3) is 0.941. The molecule has 1 amide bonds. The Morgan fingerprint density at radius 3 is 2.45 bits per heavy atom. The summed E-state index contributed by atoms with van der Waals surface area (Å²) in [6.07, 6.45) is 8.28. The Morgan fingerprint density at radius 2 is 1.82 bits per heavy atom. The number of hydrogen-bond donors (Lipinski definition) is 2. The van der Waals surface area contributed by atoms with Gasteiger partial charge in [-0.2, -0.15) is 0 Å². The van der Waals surface area contributed by atoms with Crippen LogP contribution in [0.5, 0.6) is 0 Å². The molecule has 2 saturated heterocycles. The van der Waals surface area contributed by atoms with E-state index in [1.54, 1.807) is 0 Å². The molecule has 0 atom stereocenters. The van der Waals surface area contributed by atoms with E-state index in [9.17, 15) is 4.79 Å². The first-order valence-corrected chi connectivity index (χ1v) is 9.00. The lowest BCUT2D eigenvalue weighted by molar-refractivity contribution is -0.126. The van der Waals surface area contributed by atoms with Crippen molar-refractivity contribution in [3.63, 3.8) is 0 Å². The van der Waals surface area contributed by atoms with Crippen LogP contribution in [0.2, 0.25) is 0 Å². The summed E-state index contributed by atoms with van der Waals surface area (Å²) >= 11 is 0. The highest BCUT2D eigenvalue weighted by atomic mass is 35.5. The van der Waals surface area contributed by atoms with E-state index in [0.717, 1.165) is 44.8 Å². The first-order chi connectivity index (χ1) is 10.3. The van der Waals surface area contributed by atoms with Crippen molar-refractivity contribution in [1.82, 2.24) is 15.5 Å². The highest BCUT2D eigenvalue weighted by Gasteiger charge is 2.26. The second-order valence-corrected chi connectivity index (χ2v) is 6.77. The Labute approximate surface area is 142 Å². The molecule has 2 rings (SSSR count). The molecule has 4 nitrogen and oxygen atoms in total. The summed E-state index contributed by atoms with van der Waals surface area (Å²) < 4.78 is 0. The second-order valence-electron chi connectivity index (χ2n) is 6.77. The van der Waals surface area contributed by atoms with Crippen LogP contribution >= 0.6 is 12.4 Å². The zero-order valence-electron chi connectivity index (χ0n) is 14.1. The van der Waals surface area contributed by atoms with Gasteiger partial charge in [0.2, 0.25) is 5.91 Å². The van der Waals surface area contributed by atoms with Gasteiger partial charge >= 0.3 is 0 Å². The Morgan fingerprint density at radius 1 is 1.14 bits per heavy atom. The maximum absolute atomic E-state index is 12.1. The van der Waals surface area contributed by atoms with Gasteiger partial charge in [-0.3, -0.25) is 4.79 Å². The molecule has 0 aliphatic carbocycles. The molecule has 22 heavy (non-hydrogen) atoms. The number of piperidine rings is 2. The number of amides is 1. The minimum absolute atomic E-state index is 0. The molecule has 0 aromatic carbocycles. The van der Waals surface area contributed by atoms with Crippen molar-refractivity contribution in [1.29, 1.82) is 0 Å². The van der Waals surface area contributed by atoms with Crippen LogP contribution in [-0.2, 0) is 4.79 Å². The Hall–Kier alpha value is -0.320. The van der Waals surface area contributed by atoms with E-state index in [1.807, 2.05) is 0 Å². The van der Waals surface area contributed by atoms with Crippen LogP contribution in [0.25, 0.3) is 0 Å². The van der Waals surface area contributed by atoms with E-state index in [0.29, 0.717) is 5.91 Å². The van der Waals surface area contributed by atoms with Crippen molar-refractivity contribution in [3.8, 4) is 0 Å². The topological polar surface area (TPSA) is 44.4 Å². The van der Waals surface area contributed by atoms with Gasteiger partial charge in [-0.1, -0.05) is 19.8 Å². The van der Waals surface area contributed by atoms with Gasteiger partial charge in [0, 0.05) is 19.0 Å². The third-order valence-corrected chi connectivity index (χ3v) is 5.01. The number of halogens is 1. The number of rotatable bonds is 7. The molecule has 0 radical (unpaired) electrons. The van der Waals surface area contributed by atoms with Crippen molar-refractivity contribution in [3.05, 3.63) is 0 Å². The predicted octanol–water partition coefficient (Wildman–Crippen LogP) is 2.43. The van der Waals surface area contributed by atoms with Crippen LogP contribution in [0.1, 0.15) is 51.9 Å². The number of hydrogen-bond acceptors (Lipinski definition) is 3. The van der Waals surface area contributed by atoms with E-state index >= 15 is 0 Å². The molecule has 2 N–H and O–H groups in total.